The Kier molecular flexibility index (Phi) is 3.78. The molecule has 122 valence electrons. The van der Waals surface area contributed by atoms with Crippen molar-refractivity contribution in [2.45, 2.75) is 18.9 Å². The third kappa shape index (κ3) is 2.56. The highest BCUT2D eigenvalue weighted by molar-refractivity contribution is 6.33. The Bertz CT molecular complexity index is 895. The first-order valence-corrected chi connectivity index (χ1v) is 8.08. The summed E-state index contributed by atoms with van der Waals surface area (Å²) in [4.78, 5) is 18.9. The quantitative estimate of drug-likeness (QED) is 0.791. The number of halogens is 1. The van der Waals surface area contributed by atoms with Crippen LogP contribution in [0.5, 0.6) is 0 Å². The van der Waals surface area contributed by atoms with Crippen molar-refractivity contribution in [2.24, 2.45) is 0 Å². The fourth-order valence-electron chi connectivity index (χ4n) is 2.94. The van der Waals surface area contributed by atoms with E-state index < -0.39 is 0 Å². The molecule has 0 aliphatic carbocycles. The van der Waals surface area contributed by atoms with E-state index in [0.717, 1.165) is 18.5 Å². The van der Waals surface area contributed by atoms with E-state index in [9.17, 15) is 4.79 Å². The zero-order valence-corrected chi connectivity index (χ0v) is 13.5. The monoisotopic (exact) mass is 342 g/mol. The Morgan fingerprint density at radius 1 is 1.29 bits per heavy atom. The van der Waals surface area contributed by atoms with Crippen LogP contribution in [0.15, 0.2) is 43.0 Å². The molecule has 3 aromatic rings. The predicted octanol–water partition coefficient (Wildman–Crippen LogP) is 2.39. The maximum Gasteiger partial charge on any atom is 0.249 e. The summed E-state index contributed by atoms with van der Waals surface area (Å²) in [6.45, 7) is 0.656. The molecular formula is C16H15ClN6O. The van der Waals surface area contributed by atoms with Crippen LogP contribution in [0.3, 0.4) is 0 Å². The lowest BCUT2D eigenvalue weighted by atomic mass is 10.0. The Balaban J connectivity index is 1.61. The summed E-state index contributed by atoms with van der Waals surface area (Å²) in [5.74, 6) is 0.534. The van der Waals surface area contributed by atoms with E-state index in [1.165, 1.54) is 0 Å². The number of carbonyl (C=O) groups excluding carboxylic acids is 1. The second-order valence-electron chi connectivity index (χ2n) is 5.62. The minimum Gasteiger partial charge on any atom is -0.355 e. The van der Waals surface area contributed by atoms with Crippen molar-refractivity contribution in [1.29, 1.82) is 0 Å². The fraction of sp³-hybridized carbons (Fsp3) is 0.250. The summed E-state index contributed by atoms with van der Waals surface area (Å²) < 4.78 is 1.76. The number of anilines is 2. The van der Waals surface area contributed by atoms with Crippen molar-refractivity contribution < 1.29 is 4.79 Å². The maximum absolute atomic E-state index is 12.9. The van der Waals surface area contributed by atoms with Gasteiger partial charge in [0.05, 0.1) is 10.7 Å². The van der Waals surface area contributed by atoms with Crippen LogP contribution in [0, 0.1) is 0 Å². The number of aromatic nitrogens is 4. The molecule has 1 atom stereocenters. The fourth-order valence-corrected chi connectivity index (χ4v) is 3.18. The van der Waals surface area contributed by atoms with Gasteiger partial charge in [-0.3, -0.25) is 9.20 Å². The molecular weight excluding hydrogens is 328 g/mol. The van der Waals surface area contributed by atoms with Crippen LogP contribution < -0.4 is 10.2 Å². The van der Waals surface area contributed by atoms with Crippen LogP contribution in [0.25, 0.3) is 5.65 Å². The minimum atomic E-state index is -0.370. The smallest absolute Gasteiger partial charge is 0.249 e. The van der Waals surface area contributed by atoms with Gasteiger partial charge in [0.25, 0.3) is 0 Å². The molecule has 1 aliphatic heterocycles. The minimum absolute atomic E-state index is 0.0160. The lowest BCUT2D eigenvalue weighted by Crippen LogP contribution is -2.48. The van der Waals surface area contributed by atoms with Crippen LogP contribution >= 0.6 is 11.6 Å². The summed E-state index contributed by atoms with van der Waals surface area (Å²) >= 11 is 6.25. The highest BCUT2D eigenvalue weighted by atomic mass is 35.5. The van der Waals surface area contributed by atoms with Crippen molar-refractivity contribution in [3.63, 3.8) is 0 Å². The van der Waals surface area contributed by atoms with E-state index in [0.29, 0.717) is 23.0 Å². The van der Waals surface area contributed by atoms with Gasteiger partial charge in [-0.1, -0.05) is 23.7 Å². The van der Waals surface area contributed by atoms with Gasteiger partial charge in [-0.05, 0) is 25.0 Å². The number of para-hydroxylation sites is 1. The van der Waals surface area contributed by atoms with Gasteiger partial charge in [-0.2, -0.15) is 0 Å². The van der Waals surface area contributed by atoms with E-state index in [1.54, 1.807) is 34.1 Å². The number of hydrogen-bond donors (Lipinski definition) is 1. The highest BCUT2D eigenvalue weighted by Crippen LogP contribution is 2.29. The molecule has 2 aromatic heterocycles. The van der Waals surface area contributed by atoms with Crippen molar-refractivity contribution in [3.05, 3.63) is 48.0 Å². The van der Waals surface area contributed by atoms with Gasteiger partial charge in [0.1, 0.15) is 12.4 Å². The van der Waals surface area contributed by atoms with Crippen LogP contribution in [-0.4, -0.2) is 38.1 Å². The Morgan fingerprint density at radius 2 is 2.17 bits per heavy atom. The third-order valence-electron chi connectivity index (χ3n) is 4.11. The molecule has 1 aliphatic rings. The summed E-state index contributed by atoms with van der Waals surface area (Å²) in [6, 6.07) is 7.01. The number of nitrogens with one attached hydrogen (secondary N) is 1. The van der Waals surface area contributed by atoms with Gasteiger partial charge in [-0.15, -0.1) is 10.2 Å². The van der Waals surface area contributed by atoms with Gasteiger partial charge < -0.3 is 10.2 Å². The molecule has 1 saturated heterocycles. The molecule has 1 unspecified atom stereocenters. The van der Waals surface area contributed by atoms with E-state index in [2.05, 4.69) is 20.5 Å². The maximum atomic E-state index is 12.9. The van der Waals surface area contributed by atoms with E-state index in [1.807, 2.05) is 18.2 Å². The van der Waals surface area contributed by atoms with Gasteiger partial charge >= 0.3 is 0 Å². The number of amides is 1. The Hall–Kier alpha value is -2.67. The number of nitrogens with zero attached hydrogens (tertiary/aromatic N) is 5. The Labute approximate surface area is 143 Å². The van der Waals surface area contributed by atoms with E-state index in [4.69, 9.17) is 11.6 Å². The van der Waals surface area contributed by atoms with Gasteiger partial charge in [0.15, 0.2) is 5.82 Å². The summed E-state index contributed by atoms with van der Waals surface area (Å²) in [7, 11) is 0. The van der Waals surface area contributed by atoms with E-state index >= 15 is 0 Å². The number of benzene rings is 1. The van der Waals surface area contributed by atoms with Gasteiger partial charge in [0, 0.05) is 18.9 Å². The lowest BCUT2D eigenvalue weighted by molar-refractivity contribution is -0.120. The molecule has 0 spiro atoms. The predicted molar refractivity (Wildman–Crippen MR) is 91.2 cm³/mol. The molecule has 3 heterocycles. The van der Waals surface area contributed by atoms with Crippen molar-refractivity contribution >= 4 is 34.7 Å². The van der Waals surface area contributed by atoms with Crippen molar-refractivity contribution in [2.75, 3.05) is 16.8 Å². The van der Waals surface area contributed by atoms with Crippen LogP contribution in [0.1, 0.15) is 12.8 Å². The average molecular weight is 343 g/mol. The lowest BCUT2D eigenvalue weighted by Gasteiger charge is -2.33. The largest absolute Gasteiger partial charge is 0.355 e. The first-order chi connectivity index (χ1) is 11.7. The summed E-state index contributed by atoms with van der Waals surface area (Å²) in [5, 5.41) is 11.7. The zero-order valence-electron chi connectivity index (χ0n) is 12.8. The highest BCUT2D eigenvalue weighted by Gasteiger charge is 2.31. The first-order valence-electron chi connectivity index (χ1n) is 7.71. The molecule has 24 heavy (non-hydrogen) atoms. The number of fused-ring (bicyclic) bond motifs is 1. The number of piperidine rings is 1. The molecule has 4 rings (SSSR count). The van der Waals surface area contributed by atoms with Crippen LogP contribution in [0.4, 0.5) is 11.5 Å². The molecule has 0 radical (unpaired) electrons. The molecule has 0 saturated carbocycles. The molecule has 1 N–H and O–H groups in total. The first kappa shape index (κ1) is 14.9. The molecule has 1 aromatic carbocycles. The third-order valence-corrected chi connectivity index (χ3v) is 4.43. The van der Waals surface area contributed by atoms with Crippen LogP contribution in [-0.2, 0) is 4.79 Å². The van der Waals surface area contributed by atoms with Gasteiger partial charge in [0.2, 0.25) is 11.6 Å². The molecule has 1 fully saturated rings. The molecule has 1 amide bonds. The number of carbonyl (C=O) groups is 1. The van der Waals surface area contributed by atoms with Crippen LogP contribution in [0.2, 0.25) is 5.02 Å². The molecule has 0 bridgehead atoms. The second kappa shape index (κ2) is 6.09. The Morgan fingerprint density at radius 3 is 3.04 bits per heavy atom. The molecule has 7 nitrogen and oxygen atoms in total. The number of rotatable bonds is 3. The van der Waals surface area contributed by atoms with Gasteiger partial charge in [-0.25, -0.2) is 4.98 Å². The van der Waals surface area contributed by atoms with Crippen molar-refractivity contribution in [3.8, 4) is 0 Å². The van der Waals surface area contributed by atoms with Crippen molar-refractivity contribution in [1.82, 2.24) is 19.6 Å². The van der Waals surface area contributed by atoms with E-state index in [-0.39, 0.29) is 11.9 Å². The zero-order chi connectivity index (χ0) is 16.5. The topological polar surface area (TPSA) is 75.4 Å². The standard InChI is InChI=1S/C16H15ClN6O/c17-11-4-1-2-6-13(11)23-8-3-5-12(16(23)24)20-14-15-21-19-10-22(15)9-7-18-14/h1-2,4,6-7,9-10,12H,3,5,8H2,(H,18,20). The normalized spacial score (nSPS) is 18.1. The molecule has 8 heteroatoms. The number of hydrogen-bond acceptors (Lipinski definition) is 5. The average Bonchev–Trinajstić information content (AvgIpc) is 3.07. The summed E-state index contributed by atoms with van der Waals surface area (Å²) in [6.07, 6.45) is 6.62. The summed E-state index contributed by atoms with van der Waals surface area (Å²) in [5.41, 5.74) is 1.34. The second-order valence-corrected chi connectivity index (χ2v) is 6.03. The SMILES string of the molecule is O=C1C(Nc2nccn3cnnc23)CCCN1c1ccccc1Cl.